The van der Waals surface area contributed by atoms with E-state index in [4.69, 9.17) is 21.1 Å². The van der Waals surface area contributed by atoms with Gasteiger partial charge in [0.2, 0.25) is 0 Å². The van der Waals surface area contributed by atoms with Crippen molar-refractivity contribution in [3.8, 4) is 11.4 Å². The Bertz CT molecular complexity index is 1510. The van der Waals surface area contributed by atoms with Gasteiger partial charge in [-0.15, -0.1) is 0 Å². The predicted molar refractivity (Wildman–Crippen MR) is 125 cm³/mol. The molecule has 0 aliphatic rings. The summed E-state index contributed by atoms with van der Waals surface area (Å²) < 4.78 is 12.7. The second-order valence-electron chi connectivity index (χ2n) is 7.31. The summed E-state index contributed by atoms with van der Waals surface area (Å²) in [6.45, 7) is 1.61. The van der Waals surface area contributed by atoms with Gasteiger partial charge in [0.1, 0.15) is 5.75 Å². The number of rotatable bonds is 5. The van der Waals surface area contributed by atoms with E-state index in [0.29, 0.717) is 27.7 Å². The molecule has 0 saturated carbocycles. The minimum Gasteiger partial charge on any atom is -0.495 e. The van der Waals surface area contributed by atoms with Crippen molar-refractivity contribution in [2.24, 2.45) is 0 Å². The lowest BCUT2D eigenvalue weighted by atomic mass is 10.1. The van der Waals surface area contributed by atoms with Crippen LogP contribution in [0, 0.1) is 6.92 Å². The van der Waals surface area contributed by atoms with Crippen LogP contribution in [-0.4, -0.2) is 34.3 Å². The molecule has 2 heterocycles. The highest BCUT2D eigenvalue weighted by Gasteiger charge is 2.24. The number of ether oxygens (including phenoxy) is 2. The Hall–Kier alpha value is -3.91. The Morgan fingerprint density at radius 3 is 2.52 bits per heavy atom. The summed E-state index contributed by atoms with van der Waals surface area (Å²) in [6, 6.07) is 15.2. The van der Waals surface area contributed by atoms with Gasteiger partial charge in [-0.2, -0.15) is 0 Å². The average Bonchev–Trinajstić information content (AvgIpc) is 2.81. The molecule has 0 fully saturated rings. The summed E-state index contributed by atoms with van der Waals surface area (Å²) in [5.41, 5.74) is 0.236. The molecule has 0 radical (unpaired) electrons. The van der Waals surface area contributed by atoms with Crippen molar-refractivity contribution in [1.29, 1.82) is 0 Å². The number of benzene rings is 2. The Morgan fingerprint density at radius 2 is 1.82 bits per heavy atom. The number of hydrogen-bond donors (Lipinski definition) is 0. The standard InChI is InChI=1S/C24H20ClN3O5/c1-14-11-17(23(30)33-3)20-21(26-14)28(18-9-4-5-10-19(18)32-2)24(31)27(22(20)29)13-15-7-6-8-16(25)12-15/h4-12H,13H2,1-3H3. The molecule has 0 N–H and O–H groups in total. The van der Waals surface area contributed by atoms with Crippen molar-refractivity contribution in [2.75, 3.05) is 14.2 Å². The molecule has 0 atom stereocenters. The summed E-state index contributed by atoms with van der Waals surface area (Å²) in [4.78, 5) is 44.3. The second-order valence-corrected chi connectivity index (χ2v) is 7.75. The third-order valence-corrected chi connectivity index (χ3v) is 5.42. The number of halogens is 1. The fourth-order valence-corrected chi connectivity index (χ4v) is 3.94. The van der Waals surface area contributed by atoms with Crippen LogP contribution < -0.4 is 16.0 Å². The molecule has 0 bridgehead atoms. The summed E-state index contributed by atoms with van der Waals surface area (Å²) in [5.74, 6) is -0.307. The van der Waals surface area contributed by atoms with Crippen LogP contribution in [0.5, 0.6) is 5.75 Å². The number of aromatic nitrogens is 3. The normalized spacial score (nSPS) is 10.9. The first-order valence-electron chi connectivity index (χ1n) is 9.99. The van der Waals surface area contributed by atoms with E-state index in [9.17, 15) is 14.4 Å². The molecule has 2 aromatic carbocycles. The number of fused-ring (bicyclic) bond motifs is 1. The van der Waals surface area contributed by atoms with E-state index < -0.39 is 17.2 Å². The zero-order chi connectivity index (χ0) is 23.7. The number of nitrogens with zero attached hydrogens (tertiary/aromatic N) is 3. The van der Waals surface area contributed by atoms with Crippen LogP contribution in [0.15, 0.2) is 64.2 Å². The molecule has 168 valence electrons. The first-order chi connectivity index (χ1) is 15.8. The lowest BCUT2D eigenvalue weighted by Crippen LogP contribution is -2.41. The van der Waals surface area contributed by atoms with E-state index in [1.807, 2.05) is 0 Å². The fraction of sp³-hybridized carbons (Fsp3) is 0.167. The zero-order valence-electron chi connectivity index (χ0n) is 18.2. The highest BCUT2D eigenvalue weighted by molar-refractivity contribution is 6.30. The first kappa shape index (κ1) is 22.3. The molecule has 33 heavy (non-hydrogen) atoms. The molecule has 0 aliphatic carbocycles. The third kappa shape index (κ3) is 4.01. The van der Waals surface area contributed by atoms with Crippen LogP contribution in [0.1, 0.15) is 21.6 Å². The van der Waals surface area contributed by atoms with E-state index in [-0.39, 0.29) is 23.1 Å². The quantitative estimate of drug-likeness (QED) is 0.420. The second kappa shape index (κ2) is 8.91. The lowest BCUT2D eigenvalue weighted by Gasteiger charge is -2.17. The number of aryl methyl sites for hydroxylation is 1. The number of para-hydroxylation sites is 2. The molecule has 4 aromatic rings. The monoisotopic (exact) mass is 465 g/mol. The summed E-state index contributed by atoms with van der Waals surface area (Å²) in [6.07, 6.45) is 0. The molecule has 4 rings (SSSR count). The van der Waals surface area contributed by atoms with Crippen LogP contribution in [0.3, 0.4) is 0 Å². The molecule has 8 nitrogen and oxygen atoms in total. The molecule has 0 amide bonds. The van der Waals surface area contributed by atoms with Gasteiger partial charge in [-0.1, -0.05) is 35.9 Å². The number of pyridine rings is 1. The van der Waals surface area contributed by atoms with Gasteiger partial charge >= 0.3 is 11.7 Å². The van der Waals surface area contributed by atoms with Crippen molar-refractivity contribution in [3.05, 3.63) is 97.3 Å². The summed E-state index contributed by atoms with van der Waals surface area (Å²) in [7, 11) is 2.71. The van der Waals surface area contributed by atoms with Crippen LogP contribution >= 0.6 is 11.6 Å². The Labute approximate surface area is 193 Å². The van der Waals surface area contributed by atoms with E-state index in [1.165, 1.54) is 24.9 Å². The van der Waals surface area contributed by atoms with Crippen LogP contribution in [0.4, 0.5) is 0 Å². The minimum atomic E-state index is -0.706. The van der Waals surface area contributed by atoms with Crippen LogP contribution in [0.25, 0.3) is 16.7 Å². The van der Waals surface area contributed by atoms with E-state index in [1.54, 1.807) is 55.5 Å². The number of methoxy groups -OCH3 is 2. The van der Waals surface area contributed by atoms with Crippen molar-refractivity contribution >= 4 is 28.6 Å². The Kier molecular flexibility index (Phi) is 6.02. The molecule has 0 saturated heterocycles. The number of esters is 1. The van der Waals surface area contributed by atoms with Crippen molar-refractivity contribution in [3.63, 3.8) is 0 Å². The van der Waals surface area contributed by atoms with Gasteiger partial charge in [0.15, 0.2) is 5.65 Å². The average molecular weight is 466 g/mol. The van der Waals surface area contributed by atoms with Crippen LogP contribution in [0.2, 0.25) is 5.02 Å². The van der Waals surface area contributed by atoms with Crippen molar-refractivity contribution in [2.45, 2.75) is 13.5 Å². The van der Waals surface area contributed by atoms with Crippen LogP contribution in [-0.2, 0) is 11.3 Å². The molecular weight excluding hydrogens is 446 g/mol. The highest BCUT2D eigenvalue weighted by atomic mass is 35.5. The number of carbonyl (C=O) groups is 1. The maximum absolute atomic E-state index is 13.7. The van der Waals surface area contributed by atoms with E-state index in [2.05, 4.69) is 4.98 Å². The molecular formula is C24H20ClN3O5. The largest absolute Gasteiger partial charge is 0.495 e. The Morgan fingerprint density at radius 1 is 1.06 bits per heavy atom. The summed E-state index contributed by atoms with van der Waals surface area (Å²) >= 11 is 6.10. The van der Waals surface area contributed by atoms with Gasteiger partial charge in [-0.3, -0.25) is 9.36 Å². The van der Waals surface area contributed by atoms with Crippen molar-refractivity contribution in [1.82, 2.24) is 14.1 Å². The van der Waals surface area contributed by atoms with Gasteiger partial charge in [0.05, 0.1) is 37.4 Å². The topological polar surface area (TPSA) is 92.4 Å². The maximum atomic E-state index is 13.7. The lowest BCUT2D eigenvalue weighted by molar-refractivity contribution is 0.0602. The third-order valence-electron chi connectivity index (χ3n) is 5.18. The summed E-state index contributed by atoms with van der Waals surface area (Å²) in [5, 5.41) is 0.443. The predicted octanol–water partition coefficient (Wildman–Crippen LogP) is 3.35. The molecule has 0 unspecified atom stereocenters. The van der Waals surface area contributed by atoms with E-state index >= 15 is 0 Å². The molecule has 0 aliphatic heterocycles. The first-order valence-corrected chi connectivity index (χ1v) is 10.4. The Balaban J connectivity index is 2.17. The van der Waals surface area contributed by atoms with E-state index in [0.717, 1.165) is 4.57 Å². The van der Waals surface area contributed by atoms with Gasteiger partial charge in [-0.25, -0.2) is 19.1 Å². The van der Waals surface area contributed by atoms with Crippen molar-refractivity contribution < 1.29 is 14.3 Å². The van der Waals surface area contributed by atoms with Gasteiger partial charge in [0.25, 0.3) is 5.56 Å². The maximum Gasteiger partial charge on any atom is 0.338 e. The number of hydrogen-bond acceptors (Lipinski definition) is 6. The highest BCUT2D eigenvalue weighted by Crippen LogP contribution is 2.25. The SMILES string of the molecule is COC(=O)c1cc(C)nc2c1c(=O)n(Cc1cccc(Cl)c1)c(=O)n2-c1ccccc1OC. The molecule has 9 heteroatoms. The fourth-order valence-electron chi connectivity index (χ4n) is 3.72. The molecule has 0 spiro atoms. The number of carbonyl (C=O) groups excluding carboxylic acids is 1. The van der Waals surface area contributed by atoms with Gasteiger partial charge < -0.3 is 9.47 Å². The smallest absolute Gasteiger partial charge is 0.338 e. The minimum absolute atomic E-state index is 0.0218. The zero-order valence-corrected chi connectivity index (χ0v) is 18.9. The van der Waals surface area contributed by atoms with Gasteiger partial charge in [0, 0.05) is 10.7 Å². The molecule has 2 aromatic heterocycles. The van der Waals surface area contributed by atoms with Gasteiger partial charge in [-0.05, 0) is 42.8 Å².